The third kappa shape index (κ3) is 2.46. The number of rotatable bonds is 3. The maximum atomic E-state index is 6.71. The van der Waals surface area contributed by atoms with E-state index in [0.29, 0.717) is 0 Å². The number of benzene rings is 2. The summed E-state index contributed by atoms with van der Waals surface area (Å²) in [6.45, 7) is 0. The molecule has 0 radical (unpaired) electrons. The monoisotopic (exact) mass is 366 g/mol. The lowest BCUT2D eigenvalue weighted by molar-refractivity contribution is 0.410. The Bertz CT molecular complexity index is 753. The first-order valence-electron chi connectivity index (χ1n) is 6.14. The van der Waals surface area contributed by atoms with Crippen molar-refractivity contribution in [3.8, 4) is 5.75 Å². The van der Waals surface area contributed by atoms with Crippen molar-refractivity contribution in [1.82, 2.24) is 0 Å². The van der Waals surface area contributed by atoms with Crippen LogP contribution in [0.1, 0.15) is 16.5 Å². The number of hydrogen-bond donors (Lipinski definition) is 0. The van der Waals surface area contributed by atoms with E-state index in [2.05, 4.69) is 33.4 Å². The summed E-state index contributed by atoms with van der Waals surface area (Å²) in [5.74, 6) is 0.809. The van der Waals surface area contributed by atoms with Gasteiger partial charge in [-0.2, -0.15) is 0 Å². The van der Waals surface area contributed by atoms with Gasteiger partial charge in [0, 0.05) is 14.7 Å². The highest BCUT2D eigenvalue weighted by Gasteiger charge is 2.19. The smallest absolute Gasteiger partial charge is 0.123 e. The van der Waals surface area contributed by atoms with Gasteiger partial charge in [-0.25, -0.2) is 0 Å². The van der Waals surface area contributed by atoms with Crippen molar-refractivity contribution < 1.29 is 4.74 Å². The summed E-state index contributed by atoms with van der Waals surface area (Å²) >= 11 is 11.9. The molecule has 0 amide bonds. The van der Waals surface area contributed by atoms with E-state index in [-0.39, 0.29) is 5.38 Å². The molecule has 0 aliphatic heterocycles. The lowest BCUT2D eigenvalue weighted by Crippen LogP contribution is -1.97. The first-order valence-corrected chi connectivity index (χ1v) is 8.25. The van der Waals surface area contributed by atoms with Crippen LogP contribution in [0.2, 0.25) is 0 Å². The highest BCUT2D eigenvalue weighted by Crippen LogP contribution is 2.41. The van der Waals surface area contributed by atoms with Gasteiger partial charge in [0.25, 0.3) is 0 Å². The van der Waals surface area contributed by atoms with Crippen molar-refractivity contribution in [2.24, 2.45) is 0 Å². The molecule has 1 aromatic heterocycles. The molecule has 0 saturated carbocycles. The minimum Gasteiger partial charge on any atom is -0.496 e. The molecule has 0 bridgehead atoms. The fourth-order valence-electron chi connectivity index (χ4n) is 2.27. The van der Waals surface area contributed by atoms with Gasteiger partial charge in [0.05, 0.1) is 12.5 Å². The van der Waals surface area contributed by atoms with Gasteiger partial charge in [0.1, 0.15) is 5.75 Å². The van der Waals surface area contributed by atoms with Crippen LogP contribution in [-0.2, 0) is 0 Å². The Hall–Kier alpha value is -1.03. The fourth-order valence-corrected chi connectivity index (χ4v) is 4.06. The number of methoxy groups -OCH3 is 1. The van der Waals surface area contributed by atoms with E-state index in [1.807, 2.05) is 30.3 Å². The molecule has 4 heteroatoms. The molecule has 0 aliphatic rings. The summed E-state index contributed by atoms with van der Waals surface area (Å²) in [5, 5.41) is 3.11. The quantitative estimate of drug-likeness (QED) is 0.516. The average molecular weight is 368 g/mol. The van der Waals surface area contributed by atoms with Crippen LogP contribution in [0.3, 0.4) is 0 Å². The molecular formula is C16H12BrClOS. The molecule has 0 fully saturated rings. The molecule has 0 saturated heterocycles. The average Bonchev–Trinajstić information content (AvgIpc) is 2.90. The van der Waals surface area contributed by atoms with E-state index < -0.39 is 0 Å². The molecule has 3 rings (SSSR count). The summed E-state index contributed by atoms with van der Waals surface area (Å²) in [7, 11) is 1.67. The second kappa shape index (κ2) is 5.76. The summed E-state index contributed by atoms with van der Waals surface area (Å²) in [6, 6.07) is 14.2. The molecule has 0 spiro atoms. The fraction of sp³-hybridized carbons (Fsp3) is 0.125. The second-order valence-corrected chi connectivity index (χ2v) is 6.70. The van der Waals surface area contributed by atoms with Gasteiger partial charge < -0.3 is 4.74 Å². The maximum absolute atomic E-state index is 6.71. The van der Waals surface area contributed by atoms with Crippen LogP contribution < -0.4 is 4.74 Å². The first kappa shape index (κ1) is 13.9. The third-order valence-electron chi connectivity index (χ3n) is 3.25. The van der Waals surface area contributed by atoms with Crippen molar-refractivity contribution >= 4 is 49.0 Å². The van der Waals surface area contributed by atoms with E-state index in [4.69, 9.17) is 16.3 Å². The zero-order valence-corrected chi connectivity index (χ0v) is 13.9. The Morgan fingerprint density at radius 1 is 1.15 bits per heavy atom. The topological polar surface area (TPSA) is 9.23 Å². The highest BCUT2D eigenvalue weighted by atomic mass is 79.9. The molecule has 1 atom stereocenters. The minimum absolute atomic E-state index is 0.224. The summed E-state index contributed by atoms with van der Waals surface area (Å²) in [4.78, 5) is 0. The van der Waals surface area contributed by atoms with E-state index in [9.17, 15) is 0 Å². The van der Waals surface area contributed by atoms with Crippen molar-refractivity contribution in [1.29, 1.82) is 0 Å². The Labute approximate surface area is 135 Å². The van der Waals surface area contributed by atoms with Crippen molar-refractivity contribution in [3.63, 3.8) is 0 Å². The van der Waals surface area contributed by atoms with E-state index in [0.717, 1.165) is 21.3 Å². The number of hydrogen-bond acceptors (Lipinski definition) is 2. The molecule has 20 heavy (non-hydrogen) atoms. The standard InChI is InChI=1S/C16H12BrClOS/c1-19-14-7-6-10(17)8-12(14)16(18)13-9-20-15-5-3-2-4-11(13)15/h2-9,16H,1H3. The SMILES string of the molecule is COc1ccc(Br)cc1C(Cl)c1csc2ccccc12. The molecule has 3 aromatic rings. The summed E-state index contributed by atoms with van der Waals surface area (Å²) in [5.41, 5.74) is 2.11. The second-order valence-electron chi connectivity index (χ2n) is 4.44. The molecule has 0 N–H and O–H groups in total. The predicted octanol–water partition coefficient (Wildman–Crippen LogP) is 6.00. The van der Waals surface area contributed by atoms with Crippen LogP contribution in [0.25, 0.3) is 10.1 Å². The van der Waals surface area contributed by atoms with Crippen molar-refractivity contribution in [2.45, 2.75) is 5.38 Å². The lowest BCUT2D eigenvalue weighted by atomic mass is 10.0. The van der Waals surface area contributed by atoms with Gasteiger partial charge in [0.2, 0.25) is 0 Å². The Morgan fingerprint density at radius 3 is 2.75 bits per heavy atom. The van der Waals surface area contributed by atoms with Crippen LogP contribution in [0.15, 0.2) is 52.3 Å². The number of fused-ring (bicyclic) bond motifs is 1. The number of ether oxygens (including phenoxy) is 1. The van der Waals surface area contributed by atoms with E-state index in [1.165, 1.54) is 10.1 Å². The lowest BCUT2D eigenvalue weighted by Gasteiger charge is -2.14. The van der Waals surface area contributed by atoms with Crippen molar-refractivity contribution in [2.75, 3.05) is 7.11 Å². The minimum atomic E-state index is -0.224. The Kier molecular flexibility index (Phi) is 4.01. The molecule has 2 aromatic carbocycles. The molecule has 0 aliphatic carbocycles. The van der Waals surface area contributed by atoms with Gasteiger partial charge in [-0.1, -0.05) is 34.1 Å². The highest BCUT2D eigenvalue weighted by molar-refractivity contribution is 9.10. The van der Waals surface area contributed by atoms with Gasteiger partial charge >= 0.3 is 0 Å². The molecule has 1 nitrogen and oxygen atoms in total. The van der Waals surface area contributed by atoms with Gasteiger partial charge in [-0.05, 0) is 40.6 Å². The van der Waals surface area contributed by atoms with Crippen LogP contribution >= 0.6 is 38.9 Å². The zero-order valence-electron chi connectivity index (χ0n) is 10.8. The Morgan fingerprint density at radius 2 is 1.95 bits per heavy atom. The third-order valence-corrected chi connectivity index (χ3v) is 5.19. The molecule has 1 heterocycles. The number of halogens is 2. The first-order chi connectivity index (χ1) is 9.70. The van der Waals surface area contributed by atoms with Crippen molar-refractivity contribution in [3.05, 3.63) is 63.4 Å². The molecule has 1 unspecified atom stereocenters. The molecular weight excluding hydrogens is 356 g/mol. The normalized spacial score (nSPS) is 12.6. The summed E-state index contributed by atoms with van der Waals surface area (Å²) in [6.07, 6.45) is 0. The van der Waals surface area contributed by atoms with Crippen LogP contribution in [0, 0.1) is 0 Å². The predicted molar refractivity (Wildman–Crippen MR) is 90.2 cm³/mol. The van der Waals surface area contributed by atoms with Crippen LogP contribution in [0.5, 0.6) is 5.75 Å². The van der Waals surface area contributed by atoms with Gasteiger partial charge in [0.15, 0.2) is 0 Å². The maximum Gasteiger partial charge on any atom is 0.123 e. The molecule has 102 valence electrons. The van der Waals surface area contributed by atoms with Gasteiger partial charge in [-0.3, -0.25) is 0 Å². The number of alkyl halides is 1. The largest absolute Gasteiger partial charge is 0.496 e. The zero-order chi connectivity index (χ0) is 14.1. The summed E-state index contributed by atoms with van der Waals surface area (Å²) < 4.78 is 7.68. The van der Waals surface area contributed by atoms with Crippen LogP contribution in [0.4, 0.5) is 0 Å². The van der Waals surface area contributed by atoms with Crippen LogP contribution in [-0.4, -0.2) is 7.11 Å². The van der Waals surface area contributed by atoms with E-state index in [1.54, 1.807) is 18.4 Å². The van der Waals surface area contributed by atoms with Gasteiger partial charge in [-0.15, -0.1) is 22.9 Å². The van der Waals surface area contributed by atoms with E-state index >= 15 is 0 Å². The Balaban J connectivity index is 2.13. The number of thiophene rings is 1.